The Morgan fingerprint density at radius 2 is 2.08 bits per heavy atom. The van der Waals surface area contributed by atoms with E-state index in [9.17, 15) is 9.59 Å². The van der Waals surface area contributed by atoms with E-state index in [1.54, 1.807) is 7.11 Å². The molecule has 1 unspecified atom stereocenters. The minimum atomic E-state index is -0.155. The number of nitrogens with zero attached hydrogens (tertiary/aromatic N) is 2. The second kappa shape index (κ2) is 8.18. The van der Waals surface area contributed by atoms with Crippen LogP contribution in [0.1, 0.15) is 45.1 Å². The van der Waals surface area contributed by atoms with Gasteiger partial charge in [0.05, 0.1) is 12.8 Å². The highest BCUT2D eigenvalue weighted by Crippen LogP contribution is 2.30. The molecule has 0 saturated carbocycles. The van der Waals surface area contributed by atoms with Gasteiger partial charge in [-0.1, -0.05) is 13.0 Å². The van der Waals surface area contributed by atoms with Crippen LogP contribution < -0.4 is 9.64 Å². The smallest absolute Gasteiger partial charge is 0.242 e. The van der Waals surface area contributed by atoms with Gasteiger partial charge in [-0.3, -0.25) is 14.5 Å². The van der Waals surface area contributed by atoms with Crippen LogP contribution >= 0.6 is 0 Å². The Kier molecular flexibility index (Phi) is 6.23. The summed E-state index contributed by atoms with van der Waals surface area (Å²) < 4.78 is 5.38. The number of anilines is 1. The molecule has 1 saturated heterocycles. The van der Waals surface area contributed by atoms with E-state index in [-0.39, 0.29) is 18.4 Å². The largest absolute Gasteiger partial charge is 0.495 e. The number of aryl methyl sites for hydroxylation is 1. The third-order valence-corrected chi connectivity index (χ3v) is 4.72. The lowest BCUT2D eigenvalue weighted by molar-refractivity contribution is -0.134. The molecule has 1 heterocycles. The lowest BCUT2D eigenvalue weighted by Crippen LogP contribution is -2.48. The van der Waals surface area contributed by atoms with Crippen molar-refractivity contribution in [3.8, 4) is 5.75 Å². The van der Waals surface area contributed by atoms with Crippen molar-refractivity contribution >= 4 is 17.5 Å². The Morgan fingerprint density at radius 1 is 1.33 bits per heavy atom. The number of hydrogen-bond acceptors (Lipinski definition) is 3. The van der Waals surface area contributed by atoms with Gasteiger partial charge in [0.1, 0.15) is 12.3 Å². The van der Waals surface area contributed by atoms with E-state index in [1.807, 2.05) is 30.0 Å². The zero-order valence-corrected chi connectivity index (χ0v) is 15.2. The lowest BCUT2D eigenvalue weighted by atomic mass is 10.00. The van der Waals surface area contributed by atoms with E-state index < -0.39 is 0 Å². The second-order valence-electron chi connectivity index (χ2n) is 6.43. The predicted octanol–water partition coefficient (Wildman–Crippen LogP) is 3.15. The third-order valence-electron chi connectivity index (χ3n) is 4.72. The standard InChI is InChI=1S/C19H28N2O3/c1-5-16-8-6-7-11-20(16)19(23)13-21(15(3)22)17-12-14(2)9-10-18(17)24-4/h9-10,12,16H,5-8,11,13H2,1-4H3. The van der Waals surface area contributed by atoms with E-state index in [0.29, 0.717) is 17.5 Å². The highest BCUT2D eigenvalue weighted by Gasteiger charge is 2.28. The predicted molar refractivity (Wildman–Crippen MR) is 95.4 cm³/mol. The van der Waals surface area contributed by atoms with Crippen LogP contribution in [-0.4, -0.2) is 43.0 Å². The summed E-state index contributed by atoms with van der Waals surface area (Å²) in [5, 5.41) is 0. The zero-order valence-electron chi connectivity index (χ0n) is 15.2. The van der Waals surface area contributed by atoms with Crippen molar-refractivity contribution in [3.63, 3.8) is 0 Å². The first-order chi connectivity index (χ1) is 11.5. The van der Waals surface area contributed by atoms with Gasteiger partial charge < -0.3 is 9.64 Å². The van der Waals surface area contributed by atoms with Gasteiger partial charge in [0.2, 0.25) is 11.8 Å². The maximum absolute atomic E-state index is 12.8. The van der Waals surface area contributed by atoms with E-state index in [2.05, 4.69) is 6.92 Å². The molecule has 0 N–H and O–H groups in total. The van der Waals surface area contributed by atoms with Crippen molar-refractivity contribution in [2.75, 3.05) is 25.1 Å². The van der Waals surface area contributed by atoms with Gasteiger partial charge in [-0.25, -0.2) is 0 Å². The number of methoxy groups -OCH3 is 1. The van der Waals surface area contributed by atoms with Crippen molar-refractivity contribution in [2.24, 2.45) is 0 Å². The van der Waals surface area contributed by atoms with Crippen LogP contribution in [0.2, 0.25) is 0 Å². The van der Waals surface area contributed by atoms with Crippen LogP contribution in [0.25, 0.3) is 0 Å². The van der Waals surface area contributed by atoms with Crippen molar-refractivity contribution in [1.29, 1.82) is 0 Å². The van der Waals surface area contributed by atoms with Crippen molar-refractivity contribution in [1.82, 2.24) is 4.90 Å². The Hall–Kier alpha value is -2.04. The maximum Gasteiger partial charge on any atom is 0.242 e. The first kappa shape index (κ1) is 18.3. The number of carbonyl (C=O) groups excluding carboxylic acids is 2. The summed E-state index contributed by atoms with van der Waals surface area (Å²) in [6.07, 6.45) is 4.22. The molecular weight excluding hydrogens is 304 g/mol. The van der Waals surface area contributed by atoms with Crippen LogP contribution in [0.3, 0.4) is 0 Å². The Balaban J connectivity index is 2.24. The quantitative estimate of drug-likeness (QED) is 0.832. The van der Waals surface area contributed by atoms with E-state index in [1.165, 1.54) is 18.2 Å². The first-order valence-corrected chi connectivity index (χ1v) is 8.70. The van der Waals surface area contributed by atoms with Crippen molar-refractivity contribution < 1.29 is 14.3 Å². The molecule has 0 radical (unpaired) electrons. The maximum atomic E-state index is 12.8. The molecule has 5 nitrogen and oxygen atoms in total. The number of likely N-dealkylation sites (tertiary alicyclic amines) is 1. The number of hydrogen-bond donors (Lipinski definition) is 0. The number of rotatable bonds is 5. The van der Waals surface area contributed by atoms with E-state index >= 15 is 0 Å². The van der Waals surface area contributed by atoms with E-state index in [0.717, 1.165) is 31.4 Å². The molecule has 5 heteroatoms. The van der Waals surface area contributed by atoms with Gasteiger partial charge in [0.15, 0.2) is 0 Å². The minimum Gasteiger partial charge on any atom is -0.495 e. The SMILES string of the molecule is CCC1CCCCN1C(=O)CN(C(C)=O)c1cc(C)ccc1OC. The Labute approximate surface area is 144 Å². The Morgan fingerprint density at radius 3 is 2.71 bits per heavy atom. The topological polar surface area (TPSA) is 49.9 Å². The molecule has 24 heavy (non-hydrogen) atoms. The number of piperidine rings is 1. The average molecular weight is 332 g/mol. The lowest BCUT2D eigenvalue weighted by Gasteiger charge is -2.36. The summed E-state index contributed by atoms with van der Waals surface area (Å²) in [5.41, 5.74) is 1.68. The van der Waals surface area contributed by atoms with Gasteiger partial charge in [-0.05, 0) is 50.3 Å². The molecule has 132 valence electrons. The summed E-state index contributed by atoms with van der Waals surface area (Å²) in [6.45, 7) is 6.41. The van der Waals surface area contributed by atoms with Gasteiger partial charge in [-0.15, -0.1) is 0 Å². The van der Waals surface area contributed by atoms with Gasteiger partial charge in [0, 0.05) is 19.5 Å². The molecule has 1 aliphatic rings. The van der Waals surface area contributed by atoms with Gasteiger partial charge in [0.25, 0.3) is 0 Å². The fourth-order valence-corrected chi connectivity index (χ4v) is 3.36. The molecule has 1 aromatic rings. The summed E-state index contributed by atoms with van der Waals surface area (Å²) >= 11 is 0. The number of benzene rings is 1. The number of ether oxygens (including phenoxy) is 1. The summed E-state index contributed by atoms with van der Waals surface area (Å²) in [7, 11) is 1.58. The molecule has 0 aromatic heterocycles. The molecule has 0 bridgehead atoms. The van der Waals surface area contributed by atoms with Gasteiger partial charge >= 0.3 is 0 Å². The first-order valence-electron chi connectivity index (χ1n) is 8.70. The normalized spacial score (nSPS) is 17.5. The van der Waals surface area contributed by atoms with Crippen LogP contribution in [0, 0.1) is 6.92 Å². The van der Waals surface area contributed by atoms with Crippen LogP contribution in [0.4, 0.5) is 5.69 Å². The molecular formula is C19H28N2O3. The molecule has 2 rings (SSSR count). The van der Waals surface area contributed by atoms with Crippen LogP contribution in [-0.2, 0) is 9.59 Å². The molecule has 0 spiro atoms. The molecule has 2 amide bonds. The third kappa shape index (κ3) is 4.08. The fraction of sp³-hybridized carbons (Fsp3) is 0.579. The summed E-state index contributed by atoms with van der Waals surface area (Å²) in [5.74, 6) is 0.465. The summed E-state index contributed by atoms with van der Waals surface area (Å²) in [4.78, 5) is 28.5. The Bertz CT molecular complexity index is 600. The number of carbonyl (C=O) groups is 2. The monoisotopic (exact) mass is 332 g/mol. The molecule has 0 aliphatic carbocycles. The average Bonchev–Trinajstić information content (AvgIpc) is 2.59. The van der Waals surface area contributed by atoms with Crippen LogP contribution in [0.15, 0.2) is 18.2 Å². The summed E-state index contributed by atoms with van der Waals surface area (Å²) in [6, 6.07) is 5.95. The highest BCUT2D eigenvalue weighted by atomic mass is 16.5. The second-order valence-corrected chi connectivity index (χ2v) is 6.43. The molecule has 1 aliphatic heterocycles. The minimum absolute atomic E-state index is 0.0142. The zero-order chi connectivity index (χ0) is 17.7. The van der Waals surface area contributed by atoms with Crippen molar-refractivity contribution in [3.05, 3.63) is 23.8 Å². The molecule has 1 aromatic carbocycles. The van der Waals surface area contributed by atoms with Gasteiger partial charge in [-0.2, -0.15) is 0 Å². The fourth-order valence-electron chi connectivity index (χ4n) is 3.36. The highest BCUT2D eigenvalue weighted by molar-refractivity contribution is 5.98. The van der Waals surface area contributed by atoms with Crippen LogP contribution in [0.5, 0.6) is 5.75 Å². The molecule has 1 fully saturated rings. The number of amides is 2. The van der Waals surface area contributed by atoms with E-state index in [4.69, 9.17) is 4.74 Å². The molecule has 1 atom stereocenters. The van der Waals surface area contributed by atoms with Crippen molar-refractivity contribution in [2.45, 2.75) is 52.5 Å².